The third-order valence-corrected chi connectivity index (χ3v) is 7.42. The van der Waals surface area contributed by atoms with Crippen LogP contribution in [0.4, 0.5) is 5.82 Å². The molecule has 0 amide bonds. The van der Waals surface area contributed by atoms with E-state index in [9.17, 15) is 14.2 Å². The van der Waals surface area contributed by atoms with Gasteiger partial charge in [0, 0.05) is 0 Å². The predicted octanol–water partition coefficient (Wildman–Crippen LogP) is 2.02. The van der Waals surface area contributed by atoms with Crippen LogP contribution in [0.5, 0.6) is 5.75 Å². The van der Waals surface area contributed by atoms with Crippen molar-refractivity contribution in [3.63, 3.8) is 0 Å². The van der Waals surface area contributed by atoms with Gasteiger partial charge in [-0.15, -0.1) is 0 Å². The molecule has 40 heavy (non-hydrogen) atoms. The third-order valence-electron chi connectivity index (χ3n) is 5.64. The van der Waals surface area contributed by atoms with Crippen LogP contribution >= 0.6 is 7.52 Å². The summed E-state index contributed by atoms with van der Waals surface area (Å²) in [7, 11) is -2.53. The second-order valence-electron chi connectivity index (χ2n) is 9.51. The molecule has 0 aliphatic carbocycles. The van der Waals surface area contributed by atoms with Crippen molar-refractivity contribution in [2.24, 2.45) is 5.73 Å². The number of carbonyl (C=O) groups is 2. The molecule has 218 valence electrons. The first-order valence-corrected chi connectivity index (χ1v) is 14.4. The largest absolute Gasteiger partial charge is 0.468 e. The van der Waals surface area contributed by atoms with Crippen molar-refractivity contribution in [3.05, 3.63) is 42.5 Å². The van der Waals surface area contributed by atoms with Gasteiger partial charge in [0.15, 0.2) is 11.5 Å². The molecule has 0 spiro atoms. The van der Waals surface area contributed by atoms with Crippen LogP contribution in [0.1, 0.15) is 33.3 Å². The van der Waals surface area contributed by atoms with E-state index in [-0.39, 0.29) is 30.4 Å². The number of hydrogen-bond donors (Lipinski definition) is 3. The molecule has 4 atom stereocenters. The van der Waals surface area contributed by atoms with Gasteiger partial charge in [-0.3, -0.25) is 14.2 Å². The lowest BCUT2D eigenvalue weighted by Crippen LogP contribution is -2.37. The van der Waals surface area contributed by atoms with Crippen LogP contribution in [0.2, 0.25) is 0 Å². The minimum absolute atomic E-state index is 0.251. The molecule has 0 bridgehead atoms. The molecule has 0 radical (unpaired) electrons. The minimum Gasteiger partial charge on any atom is -0.468 e. The van der Waals surface area contributed by atoms with Gasteiger partial charge in [-0.1, -0.05) is 12.1 Å². The number of ether oxygens (including phenoxy) is 3. The molecule has 1 aromatic carbocycles. The summed E-state index contributed by atoms with van der Waals surface area (Å²) in [6, 6.07) is 4.82. The predicted molar refractivity (Wildman–Crippen MR) is 147 cm³/mol. The first kappa shape index (κ1) is 31.0. The average molecular weight is 578 g/mol. The highest BCUT2D eigenvalue weighted by molar-refractivity contribution is 7.57. The number of nitrogens with one attached hydrogen (secondary N) is 1. The number of nitrogens with zero attached hydrogens (tertiary/aromatic N) is 4. The number of rotatable bonds is 14. The van der Waals surface area contributed by atoms with Crippen molar-refractivity contribution in [2.45, 2.75) is 65.0 Å². The number of carbonyl (C=O) groups excluding carboxylic acids is 2. The maximum atomic E-state index is 13.9. The molecule has 3 rings (SSSR count). The number of esters is 2. The normalized spacial score (nSPS) is 15.3. The van der Waals surface area contributed by atoms with Gasteiger partial charge in [-0.05, 0) is 51.8 Å². The van der Waals surface area contributed by atoms with Crippen LogP contribution in [0.3, 0.4) is 0 Å². The smallest absolute Gasteiger partial charge is 0.342 e. The number of fused-ring (bicyclic) bond motifs is 1. The van der Waals surface area contributed by atoms with E-state index in [4.69, 9.17) is 25.5 Å². The highest BCUT2D eigenvalue weighted by atomic mass is 31.2. The van der Waals surface area contributed by atoms with Crippen LogP contribution in [0.15, 0.2) is 36.9 Å². The summed E-state index contributed by atoms with van der Waals surface area (Å²) >= 11 is 0. The average Bonchev–Trinajstić information content (AvgIpc) is 3.31. The van der Waals surface area contributed by atoms with Crippen LogP contribution in [0.25, 0.3) is 11.2 Å². The van der Waals surface area contributed by atoms with E-state index in [1.165, 1.54) is 20.4 Å². The summed E-state index contributed by atoms with van der Waals surface area (Å²) in [5, 5.41) is 2.76. The van der Waals surface area contributed by atoms with Crippen LogP contribution in [-0.2, 0) is 41.3 Å². The molecule has 2 heterocycles. The molecule has 0 saturated carbocycles. The van der Waals surface area contributed by atoms with Gasteiger partial charge in [0.25, 0.3) is 0 Å². The molecule has 0 unspecified atom stereocenters. The summed E-state index contributed by atoms with van der Waals surface area (Å²) in [4.78, 5) is 36.4. The van der Waals surface area contributed by atoms with Crippen molar-refractivity contribution in [2.75, 3.05) is 19.2 Å². The molecule has 0 aliphatic rings. The first-order chi connectivity index (χ1) is 18.9. The Morgan fingerprint density at radius 2 is 1.77 bits per heavy atom. The summed E-state index contributed by atoms with van der Waals surface area (Å²) in [6.07, 6.45) is 2.02. The van der Waals surface area contributed by atoms with Gasteiger partial charge in [0.05, 0.1) is 32.2 Å². The third kappa shape index (κ3) is 8.46. The molecule has 0 fully saturated rings. The van der Waals surface area contributed by atoms with Crippen molar-refractivity contribution >= 4 is 36.4 Å². The minimum atomic E-state index is -3.80. The van der Waals surface area contributed by atoms with Gasteiger partial charge in [-0.25, -0.2) is 20.0 Å². The zero-order valence-corrected chi connectivity index (χ0v) is 24.0. The van der Waals surface area contributed by atoms with E-state index in [1.54, 1.807) is 55.9 Å². The van der Waals surface area contributed by atoms with E-state index < -0.39 is 37.6 Å². The number of anilines is 1. The fraction of sp³-hybridized carbons (Fsp3) is 0.480. The van der Waals surface area contributed by atoms with E-state index in [2.05, 4.69) is 24.8 Å². The maximum Gasteiger partial charge on any atom is 0.342 e. The zero-order valence-electron chi connectivity index (χ0n) is 23.1. The molecule has 0 aliphatic heterocycles. The number of benzene rings is 1. The molecule has 0 saturated heterocycles. The van der Waals surface area contributed by atoms with Crippen molar-refractivity contribution in [1.82, 2.24) is 24.6 Å². The lowest BCUT2D eigenvalue weighted by Gasteiger charge is -2.25. The zero-order chi connectivity index (χ0) is 29.4. The maximum absolute atomic E-state index is 13.9. The number of imidazole rings is 1. The van der Waals surface area contributed by atoms with Crippen LogP contribution in [0, 0.1) is 0 Å². The lowest BCUT2D eigenvalue weighted by atomic mass is 10.1. The Morgan fingerprint density at radius 1 is 1.07 bits per heavy atom. The lowest BCUT2D eigenvalue weighted by molar-refractivity contribution is -0.149. The fourth-order valence-electron chi connectivity index (χ4n) is 3.70. The Morgan fingerprint density at radius 3 is 2.42 bits per heavy atom. The summed E-state index contributed by atoms with van der Waals surface area (Å²) in [5.74, 6) is -0.581. The molecule has 2 aromatic heterocycles. The molecule has 5 N–H and O–H groups in total. The Balaban J connectivity index is 1.72. The highest BCUT2D eigenvalue weighted by Gasteiger charge is 2.32. The van der Waals surface area contributed by atoms with E-state index in [1.807, 2.05) is 0 Å². The highest BCUT2D eigenvalue weighted by Crippen LogP contribution is 2.44. The quantitative estimate of drug-likeness (QED) is 0.186. The molecule has 15 heteroatoms. The molecular weight excluding hydrogens is 541 g/mol. The summed E-state index contributed by atoms with van der Waals surface area (Å²) in [6.45, 7) is 7.09. The summed E-state index contributed by atoms with van der Waals surface area (Å²) in [5.41, 5.74) is 13.5. The second-order valence-corrected chi connectivity index (χ2v) is 11.6. The van der Waals surface area contributed by atoms with Crippen LogP contribution < -0.4 is 21.1 Å². The molecule has 3 aromatic rings. The molecule has 14 nitrogen and oxygen atoms in total. The number of aromatic nitrogens is 4. The topological polar surface area (TPSA) is 196 Å². The Kier molecular flexibility index (Phi) is 10.6. The second kappa shape index (κ2) is 13.7. The number of nitrogens with two attached hydrogens (primary N) is 2. The van der Waals surface area contributed by atoms with E-state index in [0.29, 0.717) is 17.7 Å². The number of hydrogen-bond acceptors (Lipinski definition) is 12. The van der Waals surface area contributed by atoms with Gasteiger partial charge in [0.1, 0.15) is 36.0 Å². The Labute approximate surface area is 232 Å². The van der Waals surface area contributed by atoms with Crippen LogP contribution in [-0.4, -0.2) is 69.2 Å². The van der Waals surface area contributed by atoms with Gasteiger partial charge >= 0.3 is 19.5 Å². The van der Waals surface area contributed by atoms with E-state index >= 15 is 0 Å². The van der Waals surface area contributed by atoms with Crippen molar-refractivity contribution in [1.29, 1.82) is 0 Å². The number of methoxy groups -OCH3 is 1. The van der Waals surface area contributed by atoms with Gasteiger partial charge in [-0.2, -0.15) is 0 Å². The monoisotopic (exact) mass is 577 g/mol. The number of nitrogen functional groups attached to an aromatic ring is 1. The molecular formula is C25H36N7O7P. The SMILES string of the molecule is COC(=O)[C@@H](N)Cc1ccc(O[P@](=O)(CO[C@H](C)Cn2cnc3c(N)ncnc32)N[C@@H](C)C(=O)OC(C)C)cc1. The fourth-order valence-corrected chi connectivity index (χ4v) is 5.49. The Bertz CT molecular complexity index is 1350. The van der Waals surface area contributed by atoms with Gasteiger partial charge in [0.2, 0.25) is 0 Å². The Hall–Kier alpha value is -3.58. The van der Waals surface area contributed by atoms with E-state index in [0.717, 1.165) is 5.56 Å². The van der Waals surface area contributed by atoms with Crippen molar-refractivity contribution in [3.8, 4) is 5.75 Å². The summed E-state index contributed by atoms with van der Waals surface area (Å²) < 4.78 is 37.3. The van der Waals surface area contributed by atoms with Crippen molar-refractivity contribution < 1.29 is 32.9 Å². The standard InChI is InChI=1S/C25H36N7O7P/c1-15(2)38-24(33)17(4)31-40(35,39-19-8-6-18(7-9-19)10-20(26)25(34)36-5)14-37-16(3)11-32-13-30-21-22(27)28-12-29-23(21)32/h6-9,12-13,15-17,20H,10-11,14,26H2,1-5H3,(H,31,35)(H2,27,28,29)/t16-,17+,20+,40-/m1/s1. The first-order valence-electron chi connectivity index (χ1n) is 12.6. The van der Waals surface area contributed by atoms with Gasteiger partial charge < -0.3 is 34.8 Å².